The van der Waals surface area contributed by atoms with Gasteiger partial charge in [-0.2, -0.15) is 0 Å². The van der Waals surface area contributed by atoms with Crippen molar-refractivity contribution in [3.05, 3.63) is 0 Å². The Balaban J connectivity index is 2.85. The lowest BCUT2D eigenvalue weighted by atomic mass is 9.75. The van der Waals surface area contributed by atoms with Gasteiger partial charge in [0.2, 0.25) is 10.0 Å². The fraction of sp³-hybridized carbons (Fsp3) is 0.929. The topological polar surface area (TPSA) is 105 Å². The van der Waals surface area contributed by atoms with Crippen LogP contribution in [0.15, 0.2) is 5.16 Å². The van der Waals surface area contributed by atoms with E-state index in [0.29, 0.717) is 31.1 Å². The van der Waals surface area contributed by atoms with Gasteiger partial charge in [-0.1, -0.05) is 32.3 Å². The molecule has 0 bridgehead atoms. The van der Waals surface area contributed by atoms with Crippen LogP contribution in [0.3, 0.4) is 0 Å². The maximum absolute atomic E-state index is 12.3. The summed E-state index contributed by atoms with van der Waals surface area (Å²) >= 11 is 0. The number of sulfonamides is 1. The first-order valence-electron chi connectivity index (χ1n) is 7.74. The van der Waals surface area contributed by atoms with Crippen molar-refractivity contribution in [3.63, 3.8) is 0 Å². The normalized spacial score (nSPS) is 28.0. The Morgan fingerprint density at radius 3 is 2.43 bits per heavy atom. The van der Waals surface area contributed by atoms with Gasteiger partial charge in [-0.05, 0) is 43.9 Å². The molecular formula is C14H29N3O3S. The molecule has 0 aliphatic heterocycles. The Hall–Kier alpha value is -0.820. The number of nitrogens with two attached hydrogens (primary N) is 1. The molecule has 1 fully saturated rings. The minimum Gasteiger partial charge on any atom is -0.409 e. The van der Waals surface area contributed by atoms with Gasteiger partial charge in [-0.3, -0.25) is 0 Å². The molecule has 0 aromatic rings. The molecule has 0 radical (unpaired) electrons. The minimum absolute atomic E-state index is 0.0230. The second-order valence-corrected chi connectivity index (χ2v) is 8.36. The summed E-state index contributed by atoms with van der Waals surface area (Å²) in [6, 6.07) is 0. The van der Waals surface area contributed by atoms with E-state index in [4.69, 9.17) is 10.9 Å². The third kappa shape index (κ3) is 5.14. The standard InChI is InChI=1S/C14H29N3O3S/c1-4-12-5-8-14(9-6-12,13(15)16-18)17-21(19,20)10-7-11(2)3/h11-12,17-18H,4-10H2,1-3H3,(H2,15,16). The van der Waals surface area contributed by atoms with Crippen molar-refractivity contribution in [2.24, 2.45) is 22.7 Å². The summed E-state index contributed by atoms with van der Waals surface area (Å²) in [5.74, 6) is 0.953. The molecule has 6 nitrogen and oxygen atoms in total. The third-order valence-electron chi connectivity index (χ3n) is 4.45. The number of nitrogens with zero attached hydrogens (tertiary/aromatic N) is 1. The molecule has 7 heteroatoms. The Bertz CT molecular complexity index is 452. The molecule has 1 saturated carbocycles. The van der Waals surface area contributed by atoms with Crippen LogP contribution in [0, 0.1) is 11.8 Å². The van der Waals surface area contributed by atoms with E-state index in [9.17, 15) is 8.42 Å². The fourth-order valence-corrected chi connectivity index (χ4v) is 4.61. The van der Waals surface area contributed by atoms with Crippen molar-refractivity contribution in [3.8, 4) is 0 Å². The Morgan fingerprint density at radius 2 is 2.00 bits per heavy atom. The number of hydrogen-bond acceptors (Lipinski definition) is 4. The molecule has 0 amide bonds. The van der Waals surface area contributed by atoms with Gasteiger partial charge >= 0.3 is 0 Å². The van der Waals surface area contributed by atoms with Crippen LogP contribution in [0.4, 0.5) is 0 Å². The van der Waals surface area contributed by atoms with Crippen LogP contribution in [-0.4, -0.2) is 30.8 Å². The Kier molecular flexibility index (Phi) is 6.46. The zero-order valence-corrected chi connectivity index (χ0v) is 14.1. The van der Waals surface area contributed by atoms with Crippen LogP contribution in [0.25, 0.3) is 0 Å². The minimum atomic E-state index is -3.44. The van der Waals surface area contributed by atoms with E-state index in [0.717, 1.165) is 19.3 Å². The SMILES string of the molecule is CCC1CCC(NS(=O)(=O)CCC(C)C)(C(N)=NO)CC1. The first-order chi connectivity index (χ1) is 9.74. The molecule has 124 valence electrons. The molecule has 0 spiro atoms. The maximum atomic E-state index is 12.3. The molecule has 4 N–H and O–H groups in total. The van der Waals surface area contributed by atoms with Crippen molar-refractivity contribution in [1.82, 2.24) is 4.72 Å². The van der Waals surface area contributed by atoms with E-state index in [1.54, 1.807) is 0 Å². The van der Waals surface area contributed by atoms with Crippen LogP contribution >= 0.6 is 0 Å². The van der Waals surface area contributed by atoms with Gasteiger partial charge in [0.1, 0.15) is 0 Å². The van der Waals surface area contributed by atoms with Gasteiger partial charge in [0.25, 0.3) is 0 Å². The van der Waals surface area contributed by atoms with Crippen molar-refractivity contribution >= 4 is 15.9 Å². The Labute approximate surface area is 128 Å². The van der Waals surface area contributed by atoms with Crippen LogP contribution in [0.2, 0.25) is 0 Å². The van der Waals surface area contributed by atoms with Crippen molar-refractivity contribution in [2.45, 2.75) is 64.8 Å². The number of oxime groups is 1. The van der Waals surface area contributed by atoms with Crippen molar-refractivity contribution in [2.75, 3.05) is 5.75 Å². The maximum Gasteiger partial charge on any atom is 0.212 e. The van der Waals surface area contributed by atoms with Gasteiger partial charge in [0, 0.05) is 0 Å². The van der Waals surface area contributed by atoms with E-state index >= 15 is 0 Å². The molecule has 1 aliphatic carbocycles. The number of hydrogen-bond donors (Lipinski definition) is 3. The number of rotatable bonds is 7. The molecule has 0 heterocycles. The van der Waals surface area contributed by atoms with Gasteiger partial charge in [-0.15, -0.1) is 0 Å². The third-order valence-corrected chi connectivity index (χ3v) is 5.92. The van der Waals surface area contributed by atoms with Crippen LogP contribution in [-0.2, 0) is 10.0 Å². The molecule has 1 rings (SSSR count). The summed E-state index contributed by atoms with van der Waals surface area (Å²) in [6.07, 6.45) is 4.62. The van der Waals surface area contributed by atoms with E-state index < -0.39 is 15.6 Å². The zero-order valence-electron chi connectivity index (χ0n) is 13.3. The average molecular weight is 319 g/mol. The summed E-state index contributed by atoms with van der Waals surface area (Å²) in [7, 11) is -3.44. The molecule has 0 atom stereocenters. The van der Waals surface area contributed by atoms with E-state index in [1.807, 2.05) is 13.8 Å². The highest BCUT2D eigenvalue weighted by Crippen LogP contribution is 2.34. The highest BCUT2D eigenvalue weighted by Gasteiger charge is 2.41. The lowest BCUT2D eigenvalue weighted by Crippen LogP contribution is -2.59. The fourth-order valence-electron chi connectivity index (χ4n) is 2.82. The lowest BCUT2D eigenvalue weighted by Gasteiger charge is -2.39. The molecule has 1 aliphatic rings. The van der Waals surface area contributed by atoms with Gasteiger partial charge in [-0.25, -0.2) is 13.1 Å². The summed E-state index contributed by atoms with van der Waals surface area (Å²) < 4.78 is 27.3. The van der Waals surface area contributed by atoms with Crippen LogP contribution in [0.5, 0.6) is 0 Å². The van der Waals surface area contributed by atoms with Gasteiger partial charge < -0.3 is 10.9 Å². The largest absolute Gasteiger partial charge is 0.409 e. The predicted molar refractivity (Wildman–Crippen MR) is 84.8 cm³/mol. The van der Waals surface area contributed by atoms with E-state index in [-0.39, 0.29) is 11.6 Å². The first kappa shape index (κ1) is 18.2. The highest BCUT2D eigenvalue weighted by atomic mass is 32.2. The number of nitrogens with one attached hydrogen (secondary N) is 1. The zero-order chi connectivity index (χ0) is 16.1. The highest BCUT2D eigenvalue weighted by molar-refractivity contribution is 7.89. The first-order valence-corrected chi connectivity index (χ1v) is 9.39. The van der Waals surface area contributed by atoms with Crippen LogP contribution in [0.1, 0.15) is 59.3 Å². The lowest BCUT2D eigenvalue weighted by molar-refractivity contribution is 0.253. The molecule has 21 heavy (non-hydrogen) atoms. The second-order valence-electron chi connectivity index (χ2n) is 6.52. The monoisotopic (exact) mass is 319 g/mol. The van der Waals surface area contributed by atoms with E-state index in [2.05, 4.69) is 16.8 Å². The molecule has 0 unspecified atom stereocenters. The van der Waals surface area contributed by atoms with Gasteiger partial charge in [0.05, 0.1) is 11.3 Å². The van der Waals surface area contributed by atoms with Crippen LogP contribution < -0.4 is 10.5 Å². The van der Waals surface area contributed by atoms with Crippen molar-refractivity contribution < 1.29 is 13.6 Å². The van der Waals surface area contributed by atoms with Gasteiger partial charge in [0.15, 0.2) is 5.84 Å². The molecule has 0 aromatic carbocycles. The summed E-state index contributed by atoms with van der Waals surface area (Å²) in [5, 5.41) is 12.1. The predicted octanol–water partition coefficient (Wildman–Crippen LogP) is 2.04. The molecule has 0 aromatic heterocycles. The smallest absolute Gasteiger partial charge is 0.212 e. The quantitative estimate of drug-likeness (QED) is 0.289. The Morgan fingerprint density at radius 1 is 1.43 bits per heavy atom. The summed E-state index contributed by atoms with van der Waals surface area (Å²) in [5.41, 5.74) is 4.89. The second kappa shape index (κ2) is 7.45. The van der Waals surface area contributed by atoms with E-state index in [1.165, 1.54) is 0 Å². The molecular weight excluding hydrogens is 290 g/mol. The summed E-state index contributed by atoms with van der Waals surface area (Å²) in [6.45, 7) is 6.11. The summed E-state index contributed by atoms with van der Waals surface area (Å²) in [4.78, 5) is 0. The van der Waals surface area contributed by atoms with Crippen molar-refractivity contribution in [1.29, 1.82) is 0 Å². The molecule has 0 saturated heterocycles. The number of amidine groups is 1. The average Bonchev–Trinajstić information content (AvgIpc) is 2.44.